The Morgan fingerprint density at radius 1 is 1.12 bits per heavy atom. The highest BCUT2D eigenvalue weighted by Crippen LogP contribution is 2.25. The first-order chi connectivity index (χ1) is 11.6. The molecule has 128 valence electrons. The van der Waals surface area contributed by atoms with Gasteiger partial charge in [-0.15, -0.1) is 0 Å². The predicted molar refractivity (Wildman–Crippen MR) is 100 cm³/mol. The van der Waals surface area contributed by atoms with E-state index >= 15 is 0 Å². The van der Waals surface area contributed by atoms with Gasteiger partial charge in [0.25, 0.3) is 0 Å². The largest absolute Gasteiger partial charge is 0.494 e. The lowest BCUT2D eigenvalue weighted by Gasteiger charge is -2.10. The summed E-state index contributed by atoms with van der Waals surface area (Å²) < 4.78 is 5.58. The standard InChI is InChI=1S/C18H20Cl2N2O2/c1-2-3-10-24-15-7-5-14(6-8-15)22-18(23)12-21-17-9-4-13(19)11-16(17)20/h4-9,11,21H,2-3,10,12H2,1H3,(H,22,23). The van der Waals surface area contributed by atoms with E-state index in [-0.39, 0.29) is 12.5 Å². The number of anilines is 2. The van der Waals surface area contributed by atoms with Crippen LogP contribution in [0.25, 0.3) is 0 Å². The van der Waals surface area contributed by atoms with Crippen molar-refractivity contribution in [3.8, 4) is 5.75 Å². The van der Waals surface area contributed by atoms with Crippen molar-refractivity contribution in [2.45, 2.75) is 19.8 Å². The van der Waals surface area contributed by atoms with Crippen LogP contribution in [-0.2, 0) is 4.79 Å². The van der Waals surface area contributed by atoms with E-state index in [1.807, 2.05) is 24.3 Å². The molecule has 0 spiro atoms. The van der Waals surface area contributed by atoms with Crippen LogP contribution in [0.1, 0.15) is 19.8 Å². The van der Waals surface area contributed by atoms with E-state index in [0.717, 1.165) is 18.6 Å². The smallest absolute Gasteiger partial charge is 0.243 e. The predicted octanol–water partition coefficient (Wildman–Crippen LogP) is 5.22. The van der Waals surface area contributed by atoms with Crippen LogP contribution in [0, 0.1) is 0 Å². The number of hydrogen-bond acceptors (Lipinski definition) is 3. The molecule has 0 aromatic heterocycles. The number of amides is 1. The first-order valence-corrected chi connectivity index (χ1v) is 8.55. The highest BCUT2D eigenvalue weighted by molar-refractivity contribution is 6.36. The Bertz CT molecular complexity index is 675. The Kier molecular flexibility index (Phi) is 7.22. The van der Waals surface area contributed by atoms with Gasteiger partial charge < -0.3 is 15.4 Å². The normalized spacial score (nSPS) is 10.3. The summed E-state index contributed by atoms with van der Waals surface area (Å²) in [6, 6.07) is 12.4. The lowest BCUT2D eigenvalue weighted by Crippen LogP contribution is -2.21. The fraction of sp³-hybridized carbons (Fsp3) is 0.278. The summed E-state index contributed by atoms with van der Waals surface area (Å²) in [5.74, 6) is 0.633. The third-order valence-electron chi connectivity index (χ3n) is 3.28. The Hall–Kier alpha value is -1.91. The van der Waals surface area contributed by atoms with E-state index < -0.39 is 0 Å². The van der Waals surface area contributed by atoms with Gasteiger partial charge in [-0.25, -0.2) is 0 Å². The Labute approximate surface area is 152 Å². The van der Waals surface area contributed by atoms with Crippen LogP contribution in [0.2, 0.25) is 10.0 Å². The summed E-state index contributed by atoms with van der Waals surface area (Å²) in [6.45, 7) is 2.93. The number of rotatable bonds is 8. The summed E-state index contributed by atoms with van der Waals surface area (Å²) >= 11 is 11.9. The fourth-order valence-electron chi connectivity index (χ4n) is 1.98. The number of ether oxygens (including phenoxy) is 1. The van der Waals surface area contributed by atoms with Crippen LogP contribution in [-0.4, -0.2) is 19.1 Å². The number of nitrogens with one attached hydrogen (secondary N) is 2. The molecule has 0 heterocycles. The third-order valence-corrected chi connectivity index (χ3v) is 3.82. The Balaban J connectivity index is 1.81. The molecular formula is C18H20Cl2N2O2. The van der Waals surface area contributed by atoms with Gasteiger partial charge in [-0.3, -0.25) is 4.79 Å². The van der Waals surface area contributed by atoms with Crippen LogP contribution in [0.15, 0.2) is 42.5 Å². The quantitative estimate of drug-likeness (QED) is 0.629. The van der Waals surface area contributed by atoms with Crippen LogP contribution < -0.4 is 15.4 Å². The molecule has 0 aliphatic heterocycles. The molecule has 0 atom stereocenters. The van der Waals surface area contributed by atoms with E-state index in [0.29, 0.717) is 28.0 Å². The molecule has 0 radical (unpaired) electrons. The van der Waals surface area contributed by atoms with Crippen molar-refractivity contribution in [3.63, 3.8) is 0 Å². The maximum absolute atomic E-state index is 12.0. The third kappa shape index (κ3) is 5.95. The van der Waals surface area contributed by atoms with E-state index in [1.54, 1.807) is 18.2 Å². The first kappa shape index (κ1) is 18.4. The highest BCUT2D eigenvalue weighted by atomic mass is 35.5. The molecule has 0 unspecified atom stereocenters. The SMILES string of the molecule is CCCCOc1ccc(NC(=O)CNc2ccc(Cl)cc2Cl)cc1. The van der Waals surface area contributed by atoms with Crippen LogP contribution in [0.3, 0.4) is 0 Å². The van der Waals surface area contributed by atoms with E-state index in [1.165, 1.54) is 0 Å². The molecule has 4 nitrogen and oxygen atoms in total. The molecule has 0 fully saturated rings. The molecule has 0 aliphatic rings. The van der Waals surface area contributed by atoms with Crippen molar-refractivity contribution in [1.82, 2.24) is 0 Å². The lowest BCUT2D eigenvalue weighted by atomic mass is 10.3. The molecular weight excluding hydrogens is 347 g/mol. The monoisotopic (exact) mass is 366 g/mol. The van der Waals surface area contributed by atoms with Gasteiger partial charge in [0.2, 0.25) is 5.91 Å². The van der Waals surface area contributed by atoms with Gasteiger partial charge in [-0.05, 0) is 48.9 Å². The Morgan fingerprint density at radius 3 is 2.54 bits per heavy atom. The lowest BCUT2D eigenvalue weighted by molar-refractivity contribution is -0.114. The minimum atomic E-state index is -0.166. The number of carbonyl (C=O) groups excluding carboxylic acids is 1. The molecule has 0 saturated carbocycles. The molecule has 1 amide bonds. The average molecular weight is 367 g/mol. The Morgan fingerprint density at radius 2 is 1.88 bits per heavy atom. The minimum absolute atomic E-state index is 0.107. The summed E-state index contributed by atoms with van der Waals surface area (Å²) in [5.41, 5.74) is 1.38. The second-order valence-corrected chi connectivity index (χ2v) is 6.10. The number of benzene rings is 2. The van der Waals surface area contributed by atoms with Gasteiger partial charge in [-0.2, -0.15) is 0 Å². The first-order valence-electron chi connectivity index (χ1n) is 7.80. The zero-order chi connectivity index (χ0) is 17.4. The van der Waals surface area contributed by atoms with Gasteiger partial charge >= 0.3 is 0 Å². The van der Waals surface area contributed by atoms with Gasteiger partial charge in [0, 0.05) is 10.7 Å². The molecule has 2 N–H and O–H groups in total. The van der Waals surface area contributed by atoms with Crippen molar-refractivity contribution in [2.24, 2.45) is 0 Å². The summed E-state index contributed by atoms with van der Waals surface area (Å²) in [7, 11) is 0. The molecule has 2 rings (SSSR count). The molecule has 6 heteroatoms. The number of carbonyl (C=O) groups is 1. The highest BCUT2D eigenvalue weighted by Gasteiger charge is 2.05. The van der Waals surface area contributed by atoms with Crippen molar-refractivity contribution >= 4 is 40.5 Å². The van der Waals surface area contributed by atoms with Crippen LogP contribution >= 0.6 is 23.2 Å². The van der Waals surface area contributed by atoms with Crippen LogP contribution in [0.4, 0.5) is 11.4 Å². The van der Waals surface area contributed by atoms with Crippen molar-refractivity contribution < 1.29 is 9.53 Å². The van der Waals surface area contributed by atoms with Gasteiger partial charge in [0.1, 0.15) is 5.75 Å². The maximum atomic E-state index is 12.0. The fourth-order valence-corrected chi connectivity index (χ4v) is 2.46. The number of hydrogen-bond donors (Lipinski definition) is 2. The molecule has 2 aromatic carbocycles. The topological polar surface area (TPSA) is 50.4 Å². The van der Waals surface area contributed by atoms with Crippen LogP contribution in [0.5, 0.6) is 5.75 Å². The zero-order valence-electron chi connectivity index (χ0n) is 13.4. The second-order valence-electron chi connectivity index (χ2n) is 5.25. The van der Waals surface area contributed by atoms with E-state index in [2.05, 4.69) is 17.6 Å². The van der Waals surface area contributed by atoms with Crippen molar-refractivity contribution in [1.29, 1.82) is 0 Å². The maximum Gasteiger partial charge on any atom is 0.243 e. The number of halogens is 2. The zero-order valence-corrected chi connectivity index (χ0v) is 15.0. The average Bonchev–Trinajstić information content (AvgIpc) is 2.56. The summed E-state index contributed by atoms with van der Waals surface area (Å²) in [4.78, 5) is 12.0. The molecule has 0 saturated heterocycles. The molecule has 24 heavy (non-hydrogen) atoms. The minimum Gasteiger partial charge on any atom is -0.494 e. The van der Waals surface area contributed by atoms with E-state index in [9.17, 15) is 4.79 Å². The van der Waals surface area contributed by atoms with Gasteiger partial charge in [0.05, 0.1) is 23.9 Å². The van der Waals surface area contributed by atoms with E-state index in [4.69, 9.17) is 27.9 Å². The molecule has 0 bridgehead atoms. The van der Waals surface area contributed by atoms with Gasteiger partial charge in [0.15, 0.2) is 0 Å². The van der Waals surface area contributed by atoms with Crippen molar-refractivity contribution in [3.05, 3.63) is 52.5 Å². The molecule has 2 aromatic rings. The van der Waals surface area contributed by atoms with Crippen molar-refractivity contribution in [2.75, 3.05) is 23.8 Å². The molecule has 0 aliphatic carbocycles. The number of unbranched alkanes of at least 4 members (excludes halogenated alkanes) is 1. The second kappa shape index (κ2) is 9.40. The summed E-state index contributed by atoms with van der Waals surface area (Å²) in [6.07, 6.45) is 2.12. The summed E-state index contributed by atoms with van der Waals surface area (Å²) in [5, 5.41) is 6.82. The van der Waals surface area contributed by atoms with Gasteiger partial charge in [-0.1, -0.05) is 36.5 Å².